The third-order valence-corrected chi connectivity index (χ3v) is 3.34. The highest BCUT2D eigenvalue weighted by atomic mass is 32.2. The second kappa shape index (κ2) is 5.36. The van der Waals surface area contributed by atoms with Crippen LogP contribution in [0, 0.1) is 5.41 Å². The van der Waals surface area contributed by atoms with Gasteiger partial charge in [0.2, 0.25) is 0 Å². The minimum Gasteiger partial charge on any atom is -0.481 e. The molecule has 0 heterocycles. The maximum Gasteiger partial charge on any atom is 0.309 e. The Labute approximate surface area is 105 Å². The molecule has 3 nitrogen and oxygen atoms in total. The van der Waals surface area contributed by atoms with Crippen molar-refractivity contribution in [1.29, 1.82) is 0 Å². The summed E-state index contributed by atoms with van der Waals surface area (Å²) in [6.07, 6.45) is 1.98. The van der Waals surface area contributed by atoms with Crippen LogP contribution in [0.5, 0.6) is 0 Å². The topological polar surface area (TPSA) is 54.4 Å². The Hall–Kier alpha value is -1.29. The van der Waals surface area contributed by atoms with Crippen LogP contribution in [-0.4, -0.2) is 23.1 Å². The van der Waals surface area contributed by atoms with E-state index in [4.69, 9.17) is 5.11 Å². The van der Waals surface area contributed by atoms with Crippen molar-refractivity contribution < 1.29 is 14.7 Å². The quantitative estimate of drug-likeness (QED) is 0.646. The summed E-state index contributed by atoms with van der Waals surface area (Å²) in [5.41, 5.74) is -0.452. The first-order valence-corrected chi connectivity index (χ1v) is 6.50. The van der Waals surface area contributed by atoms with E-state index in [0.717, 1.165) is 4.90 Å². The van der Waals surface area contributed by atoms with Gasteiger partial charge in [0.05, 0.1) is 5.41 Å². The fourth-order valence-corrected chi connectivity index (χ4v) is 1.76. The summed E-state index contributed by atoms with van der Waals surface area (Å²) in [6, 6.07) is 7.22. The molecule has 1 aromatic rings. The molecule has 0 fully saturated rings. The number of rotatable bonds is 5. The molecule has 17 heavy (non-hydrogen) atoms. The maximum atomic E-state index is 11.9. The second-order valence-electron chi connectivity index (χ2n) is 4.52. The van der Waals surface area contributed by atoms with Crippen molar-refractivity contribution in [3.63, 3.8) is 0 Å². The van der Waals surface area contributed by atoms with Gasteiger partial charge in [0.15, 0.2) is 5.78 Å². The number of benzene rings is 1. The zero-order valence-corrected chi connectivity index (χ0v) is 11.0. The maximum absolute atomic E-state index is 11.9. The molecule has 0 aliphatic heterocycles. The highest BCUT2D eigenvalue weighted by Crippen LogP contribution is 2.24. The van der Waals surface area contributed by atoms with Crippen LogP contribution in [0.25, 0.3) is 0 Å². The van der Waals surface area contributed by atoms with Crippen molar-refractivity contribution in [2.24, 2.45) is 5.41 Å². The van der Waals surface area contributed by atoms with Gasteiger partial charge in [-0.15, -0.1) is 11.8 Å². The van der Waals surface area contributed by atoms with Crippen LogP contribution >= 0.6 is 11.8 Å². The number of hydrogen-bond acceptors (Lipinski definition) is 3. The molecule has 0 spiro atoms. The molecule has 92 valence electrons. The van der Waals surface area contributed by atoms with Crippen LogP contribution in [0.4, 0.5) is 0 Å². The predicted octanol–water partition coefficient (Wildman–Crippen LogP) is 3.09. The molecule has 0 saturated carbocycles. The van der Waals surface area contributed by atoms with E-state index in [1.807, 2.05) is 18.4 Å². The van der Waals surface area contributed by atoms with Gasteiger partial charge in [-0.1, -0.05) is 12.1 Å². The average molecular weight is 252 g/mol. The van der Waals surface area contributed by atoms with Crippen molar-refractivity contribution in [1.82, 2.24) is 0 Å². The Bertz CT molecular complexity index is 421. The Morgan fingerprint density at radius 3 is 2.18 bits per heavy atom. The number of thioether (sulfide) groups is 1. The molecule has 0 aromatic heterocycles. The van der Waals surface area contributed by atoms with E-state index in [1.54, 1.807) is 37.7 Å². The van der Waals surface area contributed by atoms with Gasteiger partial charge >= 0.3 is 5.97 Å². The van der Waals surface area contributed by atoms with Crippen molar-refractivity contribution >= 4 is 23.5 Å². The van der Waals surface area contributed by atoms with Gasteiger partial charge in [-0.3, -0.25) is 9.59 Å². The van der Waals surface area contributed by atoms with Gasteiger partial charge in [-0.25, -0.2) is 0 Å². The van der Waals surface area contributed by atoms with Crippen LogP contribution in [0.2, 0.25) is 0 Å². The van der Waals surface area contributed by atoms with Crippen molar-refractivity contribution in [2.75, 3.05) is 6.26 Å². The summed E-state index contributed by atoms with van der Waals surface area (Å²) in [5.74, 6) is -1.09. The number of ketones is 1. The first-order chi connectivity index (χ1) is 7.86. The molecular weight excluding hydrogens is 236 g/mol. The largest absolute Gasteiger partial charge is 0.481 e. The van der Waals surface area contributed by atoms with E-state index in [9.17, 15) is 9.59 Å². The average Bonchev–Trinajstić information content (AvgIpc) is 2.28. The van der Waals surface area contributed by atoms with Crippen LogP contribution in [-0.2, 0) is 4.79 Å². The summed E-state index contributed by atoms with van der Waals surface area (Å²) < 4.78 is 0. The molecule has 1 aromatic carbocycles. The second-order valence-corrected chi connectivity index (χ2v) is 5.40. The fraction of sp³-hybridized carbons (Fsp3) is 0.385. The van der Waals surface area contributed by atoms with Gasteiger partial charge < -0.3 is 5.11 Å². The Morgan fingerprint density at radius 2 is 1.76 bits per heavy atom. The molecule has 0 aliphatic rings. The number of carbonyl (C=O) groups is 2. The van der Waals surface area contributed by atoms with Gasteiger partial charge in [-0.05, 0) is 32.2 Å². The molecule has 0 saturated heterocycles. The molecule has 1 rings (SSSR count). The van der Waals surface area contributed by atoms with E-state index in [1.165, 1.54) is 0 Å². The zero-order valence-electron chi connectivity index (χ0n) is 10.2. The number of carboxylic acid groups (broad SMARTS) is 1. The lowest BCUT2D eigenvalue weighted by Gasteiger charge is -2.17. The van der Waals surface area contributed by atoms with Crippen molar-refractivity contribution in [3.8, 4) is 0 Å². The number of aliphatic carboxylic acids is 1. The molecular formula is C13H16O3S. The summed E-state index contributed by atoms with van der Waals surface area (Å²) in [6.45, 7) is 3.12. The smallest absolute Gasteiger partial charge is 0.309 e. The molecule has 0 radical (unpaired) electrons. The Balaban J connectivity index is 2.80. The van der Waals surface area contributed by atoms with Crippen LogP contribution < -0.4 is 0 Å². The third kappa shape index (κ3) is 3.60. The normalized spacial score (nSPS) is 11.2. The summed E-state index contributed by atoms with van der Waals surface area (Å²) >= 11 is 1.60. The first-order valence-electron chi connectivity index (χ1n) is 5.27. The third-order valence-electron chi connectivity index (χ3n) is 2.59. The van der Waals surface area contributed by atoms with Crippen LogP contribution in [0.1, 0.15) is 30.6 Å². The molecule has 0 aliphatic carbocycles. The zero-order chi connectivity index (χ0) is 13.1. The molecule has 0 bridgehead atoms. The van der Waals surface area contributed by atoms with Crippen molar-refractivity contribution in [3.05, 3.63) is 29.8 Å². The lowest BCUT2D eigenvalue weighted by molar-refractivity contribution is -0.146. The van der Waals surface area contributed by atoms with Crippen LogP contribution in [0.3, 0.4) is 0 Å². The van der Waals surface area contributed by atoms with Crippen molar-refractivity contribution in [2.45, 2.75) is 25.2 Å². The van der Waals surface area contributed by atoms with Gasteiger partial charge in [0, 0.05) is 16.9 Å². The highest BCUT2D eigenvalue weighted by molar-refractivity contribution is 7.98. The highest BCUT2D eigenvalue weighted by Gasteiger charge is 2.30. The predicted molar refractivity (Wildman–Crippen MR) is 68.6 cm³/mol. The molecule has 0 amide bonds. The summed E-state index contributed by atoms with van der Waals surface area (Å²) in [7, 11) is 0. The summed E-state index contributed by atoms with van der Waals surface area (Å²) in [4.78, 5) is 23.9. The standard InChI is InChI=1S/C13H16O3S/c1-13(2,12(15)16)8-11(14)9-4-6-10(17-3)7-5-9/h4-7H,8H2,1-3H3,(H,15,16). The Morgan fingerprint density at radius 1 is 1.24 bits per heavy atom. The molecule has 0 atom stereocenters. The SMILES string of the molecule is CSc1ccc(C(=O)CC(C)(C)C(=O)O)cc1. The lowest BCUT2D eigenvalue weighted by atomic mass is 9.86. The van der Waals surface area contributed by atoms with E-state index in [2.05, 4.69) is 0 Å². The van der Waals surface area contributed by atoms with E-state index in [-0.39, 0.29) is 12.2 Å². The number of carbonyl (C=O) groups excluding carboxylic acids is 1. The van der Waals surface area contributed by atoms with E-state index in [0.29, 0.717) is 5.56 Å². The lowest BCUT2D eigenvalue weighted by Crippen LogP contribution is -2.26. The molecule has 4 heteroatoms. The fourth-order valence-electron chi connectivity index (χ4n) is 1.36. The van der Waals surface area contributed by atoms with E-state index < -0.39 is 11.4 Å². The number of hydrogen-bond donors (Lipinski definition) is 1. The van der Waals surface area contributed by atoms with Gasteiger partial charge in [-0.2, -0.15) is 0 Å². The number of Topliss-reactive ketones (excluding diaryl/α,β-unsaturated/α-hetero) is 1. The minimum atomic E-state index is -1.02. The number of carboxylic acids is 1. The minimum absolute atomic E-state index is 0.0148. The molecule has 1 N–H and O–H groups in total. The Kier molecular flexibility index (Phi) is 4.34. The van der Waals surface area contributed by atoms with Gasteiger partial charge in [0.25, 0.3) is 0 Å². The monoisotopic (exact) mass is 252 g/mol. The molecule has 0 unspecified atom stereocenters. The van der Waals surface area contributed by atoms with Gasteiger partial charge in [0.1, 0.15) is 0 Å². The summed E-state index contributed by atoms with van der Waals surface area (Å²) in [5, 5.41) is 8.96. The first kappa shape index (κ1) is 13.8. The van der Waals surface area contributed by atoms with Crippen LogP contribution in [0.15, 0.2) is 29.2 Å². The van der Waals surface area contributed by atoms with E-state index >= 15 is 0 Å².